The highest BCUT2D eigenvalue weighted by atomic mass is 32.2. The Kier molecular flexibility index (Phi) is 6.83. The average molecular weight is 279 g/mol. The summed E-state index contributed by atoms with van der Waals surface area (Å²) in [6.07, 6.45) is 0. The van der Waals surface area contributed by atoms with Crippen molar-refractivity contribution in [2.24, 2.45) is 5.92 Å². The molecule has 1 aromatic rings. The number of benzene rings is 1. The second-order valence-electron chi connectivity index (χ2n) is 3.98. The van der Waals surface area contributed by atoms with Gasteiger partial charge in [-0.1, -0.05) is 6.92 Å². The van der Waals surface area contributed by atoms with Crippen LogP contribution in [0.5, 0.6) is 5.75 Å². The maximum absolute atomic E-state index is 11.2. The first kappa shape index (κ1) is 15.4. The second kappa shape index (κ2) is 8.44. The van der Waals surface area contributed by atoms with Gasteiger partial charge in [-0.25, -0.2) is 0 Å². The van der Waals surface area contributed by atoms with Gasteiger partial charge in [0.25, 0.3) is 0 Å². The molecule has 0 fully saturated rings. The molecule has 19 heavy (non-hydrogen) atoms. The Labute approximate surface area is 117 Å². The topological polar surface area (TPSA) is 59.3 Å². The van der Waals surface area contributed by atoms with Gasteiger partial charge in [-0.3, -0.25) is 4.79 Å². The summed E-state index contributed by atoms with van der Waals surface area (Å²) in [5.41, 5.74) is 0.619. The first-order chi connectivity index (χ1) is 9.17. The Bertz CT molecular complexity index is 439. The first-order valence-corrected chi connectivity index (χ1v) is 7.11. The Hall–Kier alpha value is -1.67. The van der Waals surface area contributed by atoms with E-state index in [0.717, 1.165) is 17.3 Å². The Morgan fingerprint density at radius 2 is 2.11 bits per heavy atom. The molecule has 0 aromatic heterocycles. The molecule has 0 amide bonds. The van der Waals surface area contributed by atoms with Crippen molar-refractivity contribution in [3.63, 3.8) is 0 Å². The molecule has 0 saturated heterocycles. The van der Waals surface area contributed by atoms with Crippen molar-refractivity contribution in [1.82, 2.24) is 0 Å². The standard InChI is InChI=1S/C14H17NO3S/c1-11(14(16)17-2)10-19-8-7-18-13-5-3-12(9-15)4-6-13/h3-6,11H,7-8,10H2,1-2H3. The molecular weight excluding hydrogens is 262 g/mol. The van der Waals surface area contributed by atoms with Gasteiger partial charge in [0, 0.05) is 11.5 Å². The predicted octanol–water partition coefficient (Wildman–Crippen LogP) is 2.48. The quantitative estimate of drug-likeness (QED) is 0.567. The van der Waals surface area contributed by atoms with Crippen molar-refractivity contribution in [2.45, 2.75) is 6.92 Å². The molecule has 1 atom stereocenters. The van der Waals surface area contributed by atoms with Crippen LogP contribution in [0.3, 0.4) is 0 Å². The van der Waals surface area contributed by atoms with Crippen LogP contribution in [0.25, 0.3) is 0 Å². The molecule has 0 saturated carbocycles. The van der Waals surface area contributed by atoms with Gasteiger partial charge in [-0.15, -0.1) is 0 Å². The first-order valence-electron chi connectivity index (χ1n) is 5.96. The van der Waals surface area contributed by atoms with E-state index in [-0.39, 0.29) is 11.9 Å². The fourth-order valence-electron chi connectivity index (χ4n) is 1.37. The predicted molar refractivity (Wildman–Crippen MR) is 75.2 cm³/mol. The zero-order valence-electron chi connectivity index (χ0n) is 11.1. The summed E-state index contributed by atoms with van der Waals surface area (Å²) in [4.78, 5) is 11.2. The van der Waals surface area contributed by atoms with Crippen LogP contribution in [-0.4, -0.2) is 31.2 Å². The molecule has 1 unspecified atom stereocenters. The highest BCUT2D eigenvalue weighted by Crippen LogP contribution is 2.13. The zero-order valence-corrected chi connectivity index (χ0v) is 11.9. The summed E-state index contributed by atoms with van der Waals surface area (Å²) in [5, 5.41) is 8.66. The number of carbonyl (C=O) groups is 1. The molecule has 0 spiro atoms. The van der Waals surface area contributed by atoms with Gasteiger partial charge >= 0.3 is 5.97 Å². The third-order valence-electron chi connectivity index (χ3n) is 2.45. The molecule has 0 aliphatic heterocycles. The van der Waals surface area contributed by atoms with Crippen LogP contribution < -0.4 is 4.74 Å². The average Bonchev–Trinajstić information content (AvgIpc) is 2.46. The Morgan fingerprint density at radius 3 is 2.68 bits per heavy atom. The summed E-state index contributed by atoms with van der Waals surface area (Å²) < 4.78 is 10.2. The number of thioether (sulfide) groups is 1. The van der Waals surface area contributed by atoms with Crippen LogP contribution in [-0.2, 0) is 9.53 Å². The fourth-order valence-corrected chi connectivity index (χ4v) is 2.23. The normalized spacial score (nSPS) is 11.4. The molecule has 102 valence electrons. The SMILES string of the molecule is COC(=O)C(C)CSCCOc1ccc(C#N)cc1. The Morgan fingerprint density at radius 1 is 1.42 bits per heavy atom. The summed E-state index contributed by atoms with van der Waals surface area (Å²) in [6, 6.07) is 9.06. The number of nitrogens with zero attached hydrogens (tertiary/aromatic N) is 1. The van der Waals surface area contributed by atoms with Crippen molar-refractivity contribution in [3.8, 4) is 11.8 Å². The largest absolute Gasteiger partial charge is 0.493 e. The number of nitriles is 1. The molecule has 0 heterocycles. The molecule has 5 heteroatoms. The molecule has 4 nitrogen and oxygen atoms in total. The van der Waals surface area contributed by atoms with Crippen LogP contribution in [0, 0.1) is 17.2 Å². The van der Waals surface area contributed by atoms with E-state index in [2.05, 4.69) is 10.8 Å². The third kappa shape index (κ3) is 5.66. The van der Waals surface area contributed by atoms with Crippen LogP contribution in [0.1, 0.15) is 12.5 Å². The van der Waals surface area contributed by atoms with Crippen LogP contribution in [0.4, 0.5) is 0 Å². The van der Waals surface area contributed by atoms with E-state index in [1.165, 1.54) is 7.11 Å². The van der Waals surface area contributed by atoms with E-state index < -0.39 is 0 Å². The monoisotopic (exact) mass is 279 g/mol. The smallest absolute Gasteiger partial charge is 0.309 e. The summed E-state index contributed by atoms with van der Waals surface area (Å²) in [6.45, 7) is 2.42. The highest BCUT2D eigenvalue weighted by molar-refractivity contribution is 7.99. The van der Waals surface area contributed by atoms with Gasteiger partial charge in [0.1, 0.15) is 5.75 Å². The number of hydrogen-bond acceptors (Lipinski definition) is 5. The van der Waals surface area contributed by atoms with Gasteiger partial charge in [0.2, 0.25) is 0 Å². The summed E-state index contributed by atoms with van der Waals surface area (Å²) >= 11 is 1.65. The van der Waals surface area contributed by atoms with Gasteiger partial charge < -0.3 is 9.47 Å². The summed E-state index contributed by atoms with van der Waals surface area (Å²) in [5.74, 6) is 2.01. The van der Waals surface area contributed by atoms with Gasteiger partial charge in [-0.2, -0.15) is 17.0 Å². The minimum absolute atomic E-state index is 0.0927. The molecule has 0 bridgehead atoms. The maximum Gasteiger partial charge on any atom is 0.309 e. The minimum atomic E-state index is -0.180. The van der Waals surface area contributed by atoms with Crippen LogP contribution >= 0.6 is 11.8 Å². The third-order valence-corrected chi connectivity index (χ3v) is 3.64. The van der Waals surface area contributed by atoms with Crippen molar-refractivity contribution < 1.29 is 14.3 Å². The minimum Gasteiger partial charge on any atom is -0.493 e. The van der Waals surface area contributed by atoms with E-state index in [9.17, 15) is 4.79 Å². The number of carbonyl (C=O) groups excluding carboxylic acids is 1. The van der Waals surface area contributed by atoms with Crippen LogP contribution in [0.2, 0.25) is 0 Å². The van der Waals surface area contributed by atoms with E-state index in [1.54, 1.807) is 36.0 Å². The van der Waals surface area contributed by atoms with Crippen LogP contribution in [0.15, 0.2) is 24.3 Å². The number of methoxy groups -OCH3 is 1. The van der Waals surface area contributed by atoms with E-state index in [1.807, 2.05) is 6.92 Å². The second-order valence-corrected chi connectivity index (χ2v) is 5.13. The molecule has 1 aromatic carbocycles. The van der Waals surface area contributed by atoms with E-state index >= 15 is 0 Å². The van der Waals surface area contributed by atoms with E-state index in [0.29, 0.717) is 12.2 Å². The molecule has 0 aliphatic rings. The lowest BCUT2D eigenvalue weighted by molar-refractivity contribution is -0.143. The molecule has 0 N–H and O–H groups in total. The van der Waals surface area contributed by atoms with Gasteiger partial charge in [0.15, 0.2) is 0 Å². The lowest BCUT2D eigenvalue weighted by atomic mass is 10.2. The van der Waals surface area contributed by atoms with E-state index in [4.69, 9.17) is 10.00 Å². The number of hydrogen-bond donors (Lipinski definition) is 0. The number of rotatable bonds is 7. The van der Waals surface area contributed by atoms with Gasteiger partial charge in [0.05, 0.1) is 31.3 Å². The molecule has 1 rings (SSSR count). The van der Waals surface area contributed by atoms with Gasteiger partial charge in [-0.05, 0) is 24.3 Å². The molecule has 0 aliphatic carbocycles. The maximum atomic E-state index is 11.2. The zero-order chi connectivity index (χ0) is 14.1. The molecular formula is C14H17NO3S. The van der Waals surface area contributed by atoms with Crippen molar-refractivity contribution in [3.05, 3.63) is 29.8 Å². The number of ether oxygens (including phenoxy) is 2. The lowest BCUT2D eigenvalue weighted by Gasteiger charge is -2.09. The van der Waals surface area contributed by atoms with Crippen molar-refractivity contribution >= 4 is 17.7 Å². The fraction of sp³-hybridized carbons (Fsp3) is 0.429. The van der Waals surface area contributed by atoms with Crippen molar-refractivity contribution in [2.75, 3.05) is 25.2 Å². The lowest BCUT2D eigenvalue weighted by Crippen LogP contribution is -2.15. The summed E-state index contributed by atoms with van der Waals surface area (Å²) in [7, 11) is 1.40. The molecule has 0 radical (unpaired) electrons. The van der Waals surface area contributed by atoms with Crippen molar-refractivity contribution in [1.29, 1.82) is 5.26 Å². The highest BCUT2D eigenvalue weighted by Gasteiger charge is 2.12. The Balaban J connectivity index is 2.17. The number of esters is 1.